The average Bonchev–Trinajstić information content (AvgIpc) is 3.28. The first kappa shape index (κ1) is 46.6. The number of hydrogen-bond donors (Lipinski definition) is 6. The summed E-state index contributed by atoms with van der Waals surface area (Å²) in [5.74, 6) is 1.52. The first-order valence-electron chi connectivity index (χ1n) is 21.3. The number of carbonyl (C=O) groups excluding carboxylic acids is 3. The minimum atomic E-state index is -0.401. The lowest BCUT2D eigenvalue weighted by atomic mass is 10.2. The number of aromatic nitrogens is 3. The van der Waals surface area contributed by atoms with Crippen molar-refractivity contribution in [3.05, 3.63) is 108 Å². The second kappa shape index (κ2) is 30.0. The molecule has 60 heavy (non-hydrogen) atoms. The Hall–Kier alpha value is -6.12. The van der Waals surface area contributed by atoms with Crippen molar-refractivity contribution < 1.29 is 28.6 Å². The molecule has 3 amide bonds. The van der Waals surface area contributed by atoms with E-state index < -0.39 is 18.3 Å². The van der Waals surface area contributed by atoms with Crippen LogP contribution in [0.25, 0.3) is 0 Å². The lowest BCUT2D eigenvalue weighted by Gasteiger charge is -2.12. The zero-order valence-corrected chi connectivity index (χ0v) is 34.8. The van der Waals surface area contributed by atoms with Crippen molar-refractivity contribution in [2.45, 2.75) is 96.9 Å². The van der Waals surface area contributed by atoms with Crippen LogP contribution in [0.15, 0.2) is 91.0 Å². The first-order valence-corrected chi connectivity index (χ1v) is 21.3. The number of carbonyl (C=O) groups is 3. The van der Waals surface area contributed by atoms with E-state index in [1.807, 2.05) is 91.0 Å². The average molecular weight is 826 g/mol. The number of nitrogens with zero attached hydrogens (tertiary/aromatic N) is 3. The highest BCUT2D eigenvalue weighted by Gasteiger charge is 2.08. The zero-order valence-electron chi connectivity index (χ0n) is 34.8. The number of hydrogen-bond acceptors (Lipinski definition) is 12. The molecule has 0 bridgehead atoms. The summed E-state index contributed by atoms with van der Waals surface area (Å²) < 4.78 is 15.8. The maximum Gasteiger partial charge on any atom is 0.407 e. The molecule has 0 unspecified atom stereocenters. The molecule has 0 aliphatic rings. The van der Waals surface area contributed by atoms with Crippen molar-refractivity contribution in [1.29, 1.82) is 0 Å². The van der Waals surface area contributed by atoms with E-state index in [4.69, 9.17) is 14.2 Å². The van der Waals surface area contributed by atoms with Gasteiger partial charge in [0.2, 0.25) is 17.8 Å². The third-order valence-corrected chi connectivity index (χ3v) is 9.24. The minimum Gasteiger partial charge on any atom is -0.445 e. The van der Waals surface area contributed by atoms with Crippen LogP contribution in [-0.2, 0) is 34.0 Å². The van der Waals surface area contributed by atoms with E-state index >= 15 is 0 Å². The summed E-state index contributed by atoms with van der Waals surface area (Å²) in [5, 5.41) is 18.5. The number of rotatable bonds is 30. The fourth-order valence-corrected chi connectivity index (χ4v) is 5.92. The summed E-state index contributed by atoms with van der Waals surface area (Å²) in [6.45, 7) is 4.60. The van der Waals surface area contributed by atoms with Crippen LogP contribution < -0.4 is 31.9 Å². The molecule has 4 rings (SSSR count). The third kappa shape index (κ3) is 22.1. The zero-order chi connectivity index (χ0) is 42.1. The molecule has 3 aromatic carbocycles. The van der Waals surface area contributed by atoms with Gasteiger partial charge in [-0.1, -0.05) is 130 Å². The third-order valence-electron chi connectivity index (χ3n) is 9.24. The quantitative estimate of drug-likeness (QED) is 0.0217. The highest BCUT2D eigenvalue weighted by atomic mass is 16.6. The molecular formula is C45H63N9O6. The highest BCUT2D eigenvalue weighted by molar-refractivity contribution is 5.67. The smallest absolute Gasteiger partial charge is 0.407 e. The van der Waals surface area contributed by atoms with E-state index in [9.17, 15) is 14.4 Å². The van der Waals surface area contributed by atoms with Crippen molar-refractivity contribution in [2.75, 3.05) is 55.2 Å². The number of amides is 3. The Kier molecular flexibility index (Phi) is 23.3. The van der Waals surface area contributed by atoms with Gasteiger partial charge in [-0.05, 0) is 55.2 Å². The number of unbranched alkanes of at least 4 members (excludes halogenated alkanes) is 9. The van der Waals surface area contributed by atoms with Crippen molar-refractivity contribution in [3.63, 3.8) is 0 Å². The Bertz CT molecular complexity index is 1540. The van der Waals surface area contributed by atoms with Gasteiger partial charge in [0.15, 0.2) is 0 Å². The molecule has 15 heteroatoms. The number of alkyl carbamates (subject to hydrolysis) is 3. The standard InChI is InChI=1S/C45H63N9O6/c55-43(58-34-37-22-10-7-11-23-37)49-31-19-4-1-16-28-46-40-52-41(47-29-17-2-5-20-32-50-44(56)59-35-38-24-12-8-13-25-38)54-42(53-40)48-30-18-3-6-21-33-51-45(57)60-36-39-26-14-9-15-27-39/h7-15,22-27H,1-6,16-21,28-36H2,(H,49,55)(H,50,56)(H,51,57)(H3,46,47,48,52,53,54). The largest absolute Gasteiger partial charge is 0.445 e. The monoisotopic (exact) mass is 825 g/mol. The molecule has 4 aromatic rings. The molecule has 6 N–H and O–H groups in total. The second-order valence-electron chi connectivity index (χ2n) is 14.3. The molecule has 15 nitrogen and oxygen atoms in total. The summed E-state index contributed by atoms with van der Waals surface area (Å²) in [6, 6.07) is 28.9. The van der Waals surface area contributed by atoms with Crippen LogP contribution in [-0.4, -0.2) is 72.5 Å². The van der Waals surface area contributed by atoms with E-state index in [2.05, 4.69) is 46.9 Å². The lowest BCUT2D eigenvalue weighted by molar-refractivity contribution is 0.138. The molecule has 1 aromatic heterocycles. The summed E-state index contributed by atoms with van der Waals surface area (Å²) in [4.78, 5) is 49.8. The Balaban J connectivity index is 1.09. The van der Waals surface area contributed by atoms with Gasteiger partial charge in [0.1, 0.15) is 19.8 Å². The van der Waals surface area contributed by atoms with Crippen LogP contribution in [0.4, 0.5) is 32.2 Å². The minimum absolute atomic E-state index is 0.258. The van der Waals surface area contributed by atoms with Crippen molar-refractivity contribution in [2.24, 2.45) is 0 Å². The Morgan fingerprint density at radius 1 is 0.350 bits per heavy atom. The molecule has 0 fully saturated rings. The molecular weight excluding hydrogens is 763 g/mol. The Morgan fingerprint density at radius 3 is 0.867 bits per heavy atom. The van der Waals surface area contributed by atoms with Gasteiger partial charge >= 0.3 is 18.3 Å². The lowest BCUT2D eigenvalue weighted by Crippen LogP contribution is -2.25. The second-order valence-corrected chi connectivity index (χ2v) is 14.3. The Morgan fingerprint density at radius 2 is 0.600 bits per heavy atom. The van der Waals surface area contributed by atoms with Crippen LogP contribution >= 0.6 is 0 Å². The van der Waals surface area contributed by atoms with E-state index in [1.54, 1.807) is 0 Å². The van der Waals surface area contributed by atoms with E-state index in [-0.39, 0.29) is 19.8 Å². The molecule has 0 aliphatic heterocycles. The SMILES string of the molecule is O=C(NCCCCCCNc1nc(NCCCCCCNC(=O)OCc2ccccc2)nc(NCCCCCCNC(=O)OCc2ccccc2)n1)OCc1ccccc1. The molecule has 1 heterocycles. The van der Waals surface area contributed by atoms with Crippen molar-refractivity contribution in [3.8, 4) is 0 Å². The highest BCUT2D eigenvalue weighted by Crippen LogP contribution is 2.12. The number of benzene rings is 3. The van der Waals surface area contributed by atoms with Crippen LogP contribution in [0.5, 0.6) is 0 Å². The van der Waals surface area contributed by atoms with Gasteiger partial charge in [0, 0.05) is 39.3 Å². The van der Waals surface area contributed by atoms with Gasteiger partial charge in [0.25, 0.3) is 0 Å². The summed E-state index contributed by atoms with van der Waals surface area (Å²) >= 11 is 0. The van der Waals surface area contributed by atoms with E-state index in [0.29, 0.717) is 57.1 Å². The predicted molar refractivity (Wildman–Crippen MR) is 235 cm³/mol. The maximum atomic E-state index is 12.0. The summed E-state index contributed by atoms with van der Waals surface area (Å²) in [5.41, 5.74) is 2.87. The summed E-state index contributed by atoms with van der Waals surface area (Å²) in [7, 11) is 0. The van der Waals surface area contributed by atoms with Crippen molar-refractivity contribution >= 4 is 36.1 Å². The molecule has 0 spiro atoms. The first-order chi connectivity index (χ1) is 29.5. The normalized spacial score (nSPS) is 10.6. The molecule has 0 saturated carbocycles. The molecule has 324 valence electrons. The van der Waals surface area contributed by atoms with Gasteiger partial charge in [-0.3, -0.25) is 0 Å². The van der Waals surface area contributed by atoms with Gasteiger partial charge < -0.3 is 46.1 Å². The topological polar surface area (TPSA) is 190 Å². The van der Waals surface area contributed by atoms with Crippen LogP contribution in [0.3, 0.4) is 0 Å². The number of nitrogens with one attached hydrogen (secondary N) is 6. The maximum absolute atomic E-state index is 12.0. The molecule has 0 atom stereocenters. The number of anilines is 3. The Labute approximate surface area is 354 Å². The fourth-order valence-electron chi connectivity index (χ4n) is 5.92. The molecule has 0 saturated heterocycles. The van der Waals surface area contributed by atoms with Crippen molar-refractivity contribution in [1.82, 2.24) is 30.9 Å². The van der Waals surface area contributed by atoms with Gasteiger partial charge in [-0.25, -0.2) is 14.4 Å². The van der Waals surface area contributed by atoms with Crippen LogP contribution in [0.2, 0.25) is 0 Å². The molecule has 0 aliphatic carbocycles. The van der Waals surface area contributed by atoms with Gasteiger partial charge in [-0.15, -0.1) is 0 Å². The fraction of sp³-hybridized carbons (Fsp3) is 0.467. The van der Waals surface area contributed by atoms with Crippen LogP contribution in [0, 0.1) is 0 Å². The van der Waals surface area contributed by atoms with E-state index in [0.717, 1.165) is 93.7 Å². The number of ether oxygens (including phenoxy) is 3. The van der Waals surface area contributed by atoms with E-state index in [1.165, 1.54) is 0 Å². The van der Waals surface area contributed by atoms with Crippen LogP contribution in [0.1, 0.15) is 93.7 Å². The summed E-state index contributed by atoms with van der Waals surface area (Å²) in [6.07, 6.45) is 10.1. The molecule has 0 radical (unpaired) electrons. The van der Waals surface area contributed by atoms with Gasteiger partial charge in [0.05, 0.1) is 0 Å². The van der Waals surface area contributed by atoms with Gasteiger partial charge in [-0.2, -0.15) is 15.0 Å². The predicted octanol–water partition coefficient (Wildman–Crippen LogP) is 8.57.